The highest BCUT2D eigenvalue weighted by molar-refractivity contribution is 14.0. The number of aromatic nitrogens is 2. The smallest absolute Gasteiger partial charge is 0.190 e. The molecule has 0 spiro atoms. The van der Waals surface area contributed by atoms with Gasteiger partial charge in [0.2, 0.25) is 0 Å². The summed E-state index contributed by atoms with van der Waals surface area (Å²) in [5.41, 5.74) is 2.31. The standard InChI is InChI=1S/C15H29N5.HI/c1-6-7-8-17-15(16-5)18-10-12(2)11-20-14(4)9-13(3)19-20;/h9,12H,6-8,10-11H2,1-5H3,(H2,16,17,18);1H. The van der Waals surface area contributed by atoms with Gasteiger partial charge in [-0.15, -0.1) is 24.0 Å². The van der Waals surface area contributed by atoms with Crippen molar-refractivity contribution < 1.29 is 0 Å². The zero-order chi connectivity index (χ0) is 15.0. The van der Waals surface area contributed by atoms with Crippen molar-refractivity contribution in [3.05, 3.63) is 17.5 Å². The van der Waals surface area contributed by atoms with Gasteiger partial charge in [-0.05, 0) is 32.3 Å². The van der Waals surface area contributed by atoms with Gasteiger partial charge in [-0.2, -0.15) is 5.10 Å². The van der Waals surface area contributed by atoms with Gasteiger partial charge in [0.25, 0.3) is 0 Å². The number of aliphatic imine (C=N–C) groups is 1. The topological polar surface area (TPSA) is 54.2 Å². The van der Waals surface area contributed by atoms with Gasteiger partial charge in [-0.3, -0.25) is 9.67 Å². The van der Waals surface area contributed by atoms with Crippen LogP contribution in [0.25, 0.3) is 0 Å². The molecule has 0 aliphatic heterocycles. The van der Waals surface area contributed by atoms with Gasteiger partial charge < -0.3 is 10.6 Å². The molecule has 0 saturated heterocycles. The van der Waals surface area contributed by atoms with Crippen LogP contribution in [0.2, 0.25) is 0 Å². The predicted octanol–water partition coefficient (Wildman–Crippen LogP) is 2.72. The van der Waals surface area contributed by atoms with E-state index in [2.05, 4.69) is 52.2 Å². The van der Waals surface area contributed by atoms with Crippen LogP contribution >= 0.6 is 24.0 Å². The predicted molar refractivity (Wildman–Crippen MR) is 101 cm³/mol. The number of hydrogen-bond donors (Lipinski definition) is 2. The maximum absolute atomic E-state index is 4.50. The van der Waals surface area contributed by atoms with Crippen molar-refractivity contribution in [1.82, 2.24) is 20.4 Å². The van der Waals surface area contributed by atoms with Gasteiger partial charge in [-0.1, -0.05) is 20.3 Å². The van der Waals surface area contributed by atoms with E-state index in [0.717, 1.165) is 31.3 Å². The Labute approximate surface area is 146 Å². The van der Waals surface area contributed by atoms with E-state index < -0.39 is 0 Å². The first kappa shape index (κ1) is 20.2. The fraction of sp³-hybridized carbons (Fsp3) is 0.733. The van der Waals surface area contributed by atoms with Crippen LogP contribution in [-0.4, -0.2) is 35.9 Å². The van der Waals surface area contributed by atoms with E-state index in [1.807, 2.05) is 14.0 Å². The summed E-state index contributed by atoms with van der Waals surface area (Å²) < 4.78 is 2.08. The van der Waals surface area contributed by atoms with E-state index in [4.69, 9.17) is 0 Å². The van der Waals surface area contributed by atoms with Crippen LogP contribution < -0.4 is 10.6 Å². The third kappa shape index (κ3) is 7.68. The number of unbranched alkanes of at least 4 members (excludes halogenated alkanes) is 1. The number of nitrogens with zero attached hydrogens (tertiary/aromatic N) is 3. The van der Waals surface area contributed by atoms with Crippen LogP contribution in [0.4, 0.5) is 0 Å². The van der Waals surface area contributed by atoms with Crippen molar-refractivity contribution in [3.63, 3.8) is 0 Å². The molecule has 0 radical (unpaired) electrons. The number of rotatable bonds is 7. The summed E-state index contributed by atoms with van der Waals surface area (Å²) in [6.07, 6.45) is 2.36. The Morgan fingerprint density at radius 1 is 1.38 bits per heavy atom. The lowest BCUT2D eigenvalue weighted by Crippen LogP contribution is -2.40. The van der Waals surface area contributed by atoms with Crippen LogP contribution in [0, 0.1) is 19.8 Å². The summed E-state index contributed by atoms with van der Waals surface area (Å²) in [5.74, 6) is 1.39. The van der Waals surface area contributed by atoms with Crippen molar-refractivity contribution in [2.75, 3.05) is 20.1 Å². The Morgan fingerprint density at radius 2 is 2.10 bits per heavy atom. The lowest BCUT2D eigenvalue weighted by molar-refractivity contribution is 0.436. The second-order valence-electron chi connectivity index (χ2n) is 5.45. The van der Waals surface area contributed by atoms with Crippen molar-refractivity contribution in [2.24, 2.45) is 10.9 Å². The Bertz CT molecular complexity index is 428. The highest BCUT2D eigenvalue weighted by Gasteiger charge is 2.08. The summed E-state index contributed by atoms with van der Waals surface area (Å²) >= 11 is 0. The van der Waals surface area contributed by atoms with Crippen LogP contribution in [0.3, 0.4) is 0 Å². The number of nitrogens with one attached hydrogen (secondary N) is 2. The van der Waals surface area contributed by atoms with E-state index in [1.165, 1.54) is 18.5 Å². The molecule has 0 bridgehead atoms. The molecule has 5 nitrogen and oxygen atoms in total. The van der Waals surface area contributed by atoms with E-state index in [0.29, 0.717) is 5.92 Å². The van der Waals surface area contributed by atoms with Crippen molar-refractivity contribution >= 4 is 29.9 Å². The van der Waals surface area contributed by atoms with Gasteiger partial charge in [0.15, 0.2) is 5.96 Å². The number of hydrogen-bond acceptors (Lipinski definition) is 2. The van der Waals surface area contributed by atoms with Crippen LogP contribution in [0.5, 0.6) is 0 Å². The summed E-state index contributed by atoms with van der Waals surface area (Å²) in [4.78, 5) is 4.23. The zero-order valence-corrected chi connectivity index (χ0v) is 16.3. The average molecular weight is 407 g/mol. The van der Waals surface area contributed by atoms with Gasteiger partial charge in [0, 0.05) is 32.4 Å². The molecular formula is C15H30IN5. The molecule has 2 N–H and O–H groups in total. The van der Waals surface area contributed by atoms with E-state index in [9.17, 15) is 0 Å². The lowest BCUT2D eigenvalue weighted by Gasteiger charge is -2.16. The minimum absolute atomic E-state index is 0. The molecule has 1 aromatic heterocycles. The van der Waals surface area contributed by atoms with E-state index >= 15 is 0 Å². The maximum Gasteiger partial charge on any atom is 0.190 e. The first-order valence-corrected chi connectivity index (χ1v) is 7.52. The molecule has 122 valence electrons. The SMILES string of the molecule is CCCCNC(=NC)NCC(C)Cn1nc(C)cc1C.I. The van der Waals surface area contributed by atoms with Crippen molar-refractivity contribution in [2.45, 2.75) is 47.1 Å². The molecule has 0 fully saturated rings. The normalized spacial score (nSPS) is 12.7. The fourth-order valence-electron chi connectivity index (χ4n) is 2.09. The summed E-state index contributed by atoms with van der Waals surface area (Å²) in [7, 11) is 1.81. The monoisotopic (exact) mass is 407 g/mol. The molecule has 1 rings (SSSR count). The van der Waals surface area contributed by atoms with E-state index in [-0.39, 0.29) is 24.0 Å². The van der Waals surface area contributed by atoms with Gasteiger partial charge in [-0.25, -0.2) is 0 Å². The van der Waals surface area contributed by atoms with Gasteiger partial charge >= 0.3 is 0 Å². The van der Waals surface area contributed by atoms with Crippen LogP contribution in [0.1, 0.15) is 38.1 Å². The molecule has 1 aromatic rings. The first-order chi connectivity index (χ1) is 9.56. The molecule has 0 amide bonds. The minimum Gasteiger partial charge on any atom is -0.356 e. The summed E-state index contributed by atoms with van der Waals surface area (Å²) in [5, 5.41) is 11.2. The minimum atomic E-state index is 0. The first-order valence-electron chi connectivity index (χ1n) is 7.52. The Balaban J connectivity index is 0.00000400. The molecule has 1 heterocycles. The van der Waals surface area contributed by atoms with Crippen LogP contribution in [0.15, 0.2) is 11.1 Å². The molecule has 6 heteroatoms. The molecule has 0 saturated carbocycles. The molecular weight excluding hydrogens is 377 g/mol. The molecule has 1 atom stereocenters. The third-order valence-corrected chi connectivity index (χ3v) is 3.25. The highest BCUT2D eigenvalue weighted by Crippen LogP contribution is 2.05. The molecule has 21 heavy (non-hydrogen) atoms. The Hall–Kier alpha value is -0.790. The summed E-state index contributed by atoms with van der Waals surface area (Å²) in [6, 6.07) is 2.12. The van der Waals surface area contributed by atoms with Crippen molar-refractivity contribution in [3.8, 4) is 0 Å². The third-order valence-electron chi connectivity index (χ3n) is 3.25. The fourth-order valence-corrected chi connectivity index (χ4v) is 2.09. The quantitative estimate of drug-likeness (QED) is 0.316. The molecule has 0 aliphatic rings. The average Bonchev–Trinajstić information content (AvgIpc) is 2.72. The highest BCUT2D eigenvalue weighted by atomic mass is 127. The van der Waals surface area contributed by atoms with Crippen molar-refractivity contribution in [1.29, 1.82) is 0 Å². The van der Waals surface area contributed by atoms with Gasteiger partial charge in [0.05, 0.1) is 5.69 Å². The lowest BCUT2D eigenvalue weighted by atomic mass is 10.2. The van der Waals surface area contributed by atoms with E-state index in [1.54, 1.807) is 0 Å². The van der Waals surface area contributed by atoms with Crippen LogP contribution in [-0.2, 0) is 6.54 Å². The second kappa shape index (κ2) is 10.9. The Kier molecular flexibility index (Phi) is 10.5. The second-order valence-corrected chi connectivity index (χ2v) is 5.45. The largest absolute Gasteiger partial charge is 0.356 e. The van der Waals surface area contributed by atoms with Gasteiger partial charge in [0.1, 0.15) is 0 Å². The molecule has 0 aliphatic carbocycles. The number of guanidine groups is 1. The summed E-state index contributed by atoms with van der Waals surface area (Å²) in [6.45, 7) is 11.3. The molecule has 0 aromatic carbocycles. The number of aryl methyl sites for hydroxylation is 2. The molecule has 1 unspecified atom stereocenters. The number of halogens is 1. The Morgan fingerprint density at radius 3 is 2.62 bits per heavy atom. The zero-order valence-electron chi connectivity index (χ0n) is 13.9. The maximum atomic E-state index is 4.50.